The van der Waals surface area contributed by atoms with E-state index >= 15 is 0 Å². The highest BCUT2D eigenvalue weighted by molar-refractivity contribution is 5.49. The number of hydrogen-bond donors (Lipinski definition) is 0. The summed E-state index contributed by atoms with van der Waals surface area (Å²) in [5.41, 5.74) is 1.16. The summed E-state index contributed by atoms with van der Waals surface area (Å²) in [7, 11) is 0. The van der Waals surface area contributed by atoms with Gasteiger partial charge in [-0.3, -0.25) is 0 Å². The van der Waals surface area contributed by atoms with Gasteiger partial charge in [-0.05, 0) is 32.4 Å². The van der Waals surface area contributed by atoms with E-state index in [0.29, 0.717) is 0 Å². The van der Waals surface area contributed by atoms with Gasteiger partial charge in [0.15, 0.2) is 5.79 Å². The van der Waals surface area contributed by atoms with E-state index in [-0.39, 0.29) is 12.2 Å². The second-order valence-electron chi connectivity index (χ2n) is 4.41. The second kappa shape index (κ2) is 4.40. The largest absolute Gasteiger partial charge is 0.341 e. The summed E-state index contributed by atoms with van der Waals surface area (Å²) in [5, 5.41) is 0. The van der Waals surface area contributed by atoms with Crippen molar-refractivity contribution in [1.29, 1.82) is 0 Å². The van der Waals surface area contributed by atoms with Crippen molar-refractivity contribution in [2.24, 2.45) is 0 Å². The zero-order valence-electron chi connectivity index (χ0n) is 10.0. The molecule has 0 amide bonds. The topological polar surface area (TPSA) is 18.5 Å². The lowest BCUT2D eigenvalue weighted by Crippen LogP contribution is -2.23. The second-order valence-corrected chi connectivity index (χ2v) is 4.41. The fraction of sp³-hybridized carbons (Fsp3) is 0.429. The third-order valence-electron chi connectivity index (χ3n) is 2.88. The molecule has 2 atom stereocenters. The highest BCUT2D eigenvalue weighted by Crippen LogP contribution is 2.29. The van der Waals surface area contributed by atoms with Crippen molar-refractivity contribution in [3.05, 3.63) is 42.0 Å². The minimum Gasteiger partial charge on any atom is -0.341 e. The van der Waals surface area contributed by atoms with Crippen LogP contribution in [-0.4, -0.2) is 18.0 Å². The van der Waals surface area contributed by atoms with Gasteiger partial charge in [0.2, 0.25) is 0 Å². The molecular weight excluding hydrogens is 200 g/mol. The van der Waals surface area contributed by atoms with Crippen LogP contribution in [0.3, 0.4) is 0 Å². The predicted molar refractivity (Wildman–Crippen MR) is 65.0 cm³/mol. The average molecular weight is 218 g/mol. The first-order chi connectivity index (χ1) is 7.59. The molecule has 2 heteroatoms. The average Bonchev–Trinajstić information content (AvgIpc) is 2.53. The Morgan fingerprint density at radius 1 is 1.06 bits per heavy atom. The Kier molecular flexibility index (Phi) is 3.13. The van der Waals surface area contributed by atoms with Crippen LogP contribution in [0.15, 0.2) is 36.4 Å². The molecule has 1 heterocycles. The summed E-state index contributed by atoms with van der Waals surface area (Å²) in [5.74, 6) is -0.589. The highest BCUT2D eigenvalue weighted by atomic mass is 16.7. The van der Waals surface area contributed by atoms with E-state index in [9.17, 15) is 0 Å². The summed E-state index contributed by atoms with van der Waals surface area (Å²) in [6.45, 7) is 6.02. The van der Waals surface area contributed by atoms with E-state index in [0.717, 1.165) is 5.56 Å². The number of ether oxygens (including phenoxy) is 2. The minimum atomic E-state index is -0.589. The van der Waals surface area contributed by atoms with E-state index in [1.165, 1.54) is 0 Å². The molecule has 1 aromatic carbocycles. The van der Waals surface area contributed by atoms with Gasteiger partial charge in [0.25, 0.3) is 0 Å². The Morgan fingerprint density at radius 3 is 2.19 bits per heavy atom. The molecule has 0 bridgehead atoms. The van der Waals surface area contributed by atoms with Crippen LogP contribution in [0.25, 0.3) is 6.08 Å². The van der Waals surface area contributed by atoms with Gasteiger partial charge >= 0.3 is 0 Å². The minimum absolute atomic E-state index is 0.144. The smallest absolute Gasteiger partial charge is 0.186 e. The molecule has 1 fully saturated rings. The summed E-state index contributed by atoms with van der Waals surface area (Å²) >= 11 is 0. The molecule has 0 radical (unpaired) electrons. The molecular formula is C14H18O2. The van der Waals surface area contributed by atoms with Crippen LogP contribution in [0.5, 0.6) is 0 Å². The monoisotopic (exact) mass is 218 g/mol. The molecule has 2 unspecified atom stereocenters. The lowest BCUT2D eigenvalue weighted by molar-refractivity contribution is -0.118. The van der Waals surface area contributed by atoms with E-state index in [1.54, 1.807) is 0 Å². The van der Waals surface area contributed by atoms with E-state index in [1.807, 2.05) is 51.1 Å². The fourth-order valence-electron chi connectivity index (χ4n) is 1.85. The Morgan fingerprint density at radius 2 is 1.62 bits per heavy atom. The molecule has 1 aliphatic heterocycles. The van der Waals surface area contributed by atoms with Gasteiger partial charge in [-0.1, -0.05) is 36.4 Å². The van der Waals surface area contributed by atoms with Gasteiger partial charge in [0.05, 0.1) is 12.2 Å². The fourth-order valence-corrected chi connectivity index (χ4v) is 1.85. The zero-order chi connectivity index (χ0) is 11.6. The quantitative estimate of drug-likeness (QED) is 0.758. The van der Waals surface area contributed by atoms with Crippen LogP contribution in [0.2, 0.25) is 0 Å². The molecule has 2 nitrogen and oxygen atoms in total. The molecule has 1 aromatic rings. The SMILES string of the molecule is CC1OC(C)(/C=C/c2ccccc2)OC1C. The van der Waals surface area contributed by atoms with E-state index < -0.39 is 5.79 Å². The summed E-state index contributed by atoms with van der Waals surface area (Å²) < 4.78 is 11.5. The Balaban J connectivity index is 2.08. The molecule has 0 saturated carbocycles. The van der Waals surface area contributed by atoms with Crippen molar-refractivity contribution in [3.8, 4) is 0 Å². The highest BCUT2D eigenvalue weighted by Gasteiger charge is 2.37. The van der Waals surface area contributed by atoms with Crippen LogP contribution in [0, 0.1) is 0 Å². The van der Waals surface area contributed by atoms with Crippen LogP contribution in [-0.2, 0) is 9.47 Å². The first-order valence-electron chi connectivity index (χ1n) is 5.69. The number of rotatable bonds is 2. The van der Waals surface area contributed by atoms with Crippen LogP contribution in [0.4, 0.5) is 0 Å². The van der Waals surface area contributed by atoms with Gasteiger partial charge in [-0.25, -0.2) is 0 Å². The summed E-state index contributed by atoms with van der Waals surface area (Å²) in [4.78, 5) is 0. The molecule has 0 spiro atoms. The van der Waals surface area contributed by atoms with E-state index in [2.05, 4.69) is 12.1 Å². The Labute approximate surface area is 96.9 Å². The van der Waals surface area contributed by atoms with Gasteiger partial charge < -0.3 is 9.47 Å². The zero-order valence-corrected chi connectivity index (χ0v) is 10.0. The molecule has 1 saturated heterocycles. The molecule has 16 heavy (non-hydrogen) atoms. The first-order valence-corrected chi connectivity index (χ1v) is 5.69. The molecule has 2 rings (SSSR count). The van der Waals surface area contributed by atoms with Crippen molar-refractivity contribution < 1.29 is 9.47 Å². The maximum absolute atomic E-state index is 5.77. The van der Waals surface area contributed by atoms with Gasteiger partial charge in [-0.2, -0.15) is 0 Å². The summed E-state index contributed by atoms with van der Waals surface area (Å²) in [6, 6.07) is 10.2. The van der Waals surface area contributed by atoms with Gasteiger partial charge in [0.1, 0.15) is 0 Å². The van der Waals surface area contributed by atoms with Gasteiger partial charge in [0, 0.05) is 0 Å². The third kappa shape index (κ3) is 2.52. The van der Waals surface area contributed by atoms with Crippen molar-refractivity contribution in [2.75, 3.05) is 0 Å². The Bertz CT molecular complexity index is 360. The Hall–Kier alpha value is -1.12. The first kappa shape index (κ1) is 11.4. The number of benzene rings is 1. The summed E-state index contributed by atoms with van der Waals surface area (Å²) in [6.07, 6.45) is 4.29. The maximum Gasteiger partial charge on any atom is 0.186 e. The van der Waals surface area contributed by atoms with Gasteiger partial charge in [-0.15, -0.1) is 0 Å². The standard InChI is InChI=1S/C14H18O2/c1-11-12(2)16-14(3,15-11)10-9-13-7-5-4-6-8-13/h4-12H,1-3H3/b10-9+. The molecule has 1 aliphatic rings. The van der Waals surface area contributed by atoms with Crippen LogP contribution in [0.1, 0.15) is 26.3 Å². The van der Waals surface area contributed by atoms with Crippen molar-refractivity contribution in [1.82, 2.24) is 0 Å². The van der Waals surface area contributed by atoms with Crippen molar-refractivity contribution >= 4 is 6.08 Å². The lowest BCUT2D eigenvalue weighted by Gasteiger charge is -2.18. The van der Waals surface area contributed by atoms with Crippen molar-refractivity contribution in [3.63, 3.8) is 0 Å². The van der Waals surface area contributed by atoms with Crippen LogP contribution >= 0.6 is 0 Å². The molecule has 0 N–H and O–H groups in total. The predicted octanol–water partition coefficient (Wildman–Crippen LogP) is 3.24. The maximum atomic E-state index is 5.77. The molecule has 0 aromatic heterocycles. The normalized spacial score (nSPS) is 34.7. The van der Waals surface area contributed by atoms with E-state index in [4.69, 9.17) is 9.47 Å². The van der Waals surface area contributed by atoms with Crippen molar-refractivity contribution in [2.45, 2.75) is 38.8 Å². The lowest BCUT2D eigenvalue weighted by atomic mass is 10.2. The third-order valence-corrected chi connectivity index (χ3v) is 2.88. The number of hydrogen-bond acceptors (Lipinski definition) is 2. The van der Waals surface area contributed by atoms with Crippen LogP contribution < -0.4 is 0 Å². The molecule has 86 valence electrons. The molecule has 0 aliphatic carbocycles.